The summed E-state index contributed by atoms with van der Waals surface area (Å²) in [5, 5.41) is 8.12. The van der Waals surface area contributed by atoms with Crippen LogP contribution in [0.4, 0.5) is 0 Å². The van der Waals surface area contributed by atoms with Crippen molar-refractivity contribution in [1.29, 1.82) is 0 Å². The maximum absolute atomic E-state index is 12.5. The molecule has 1 aromatic carbocycles. The van der Waals surface area contributed by atoms with Gasteiger partial charge in [-0.15, -0.1) is 0 Å². The molecular formula is C19H29N3O4. The Bertz CT molecular complexity index is 614. The number of amides is 3. The Balaban J connectivity index is 2.73. The Kier molecular flexibility index (Phi) is 8.61. The van der Waals surface area contributed by atoms with Crippen molar-refractivity contribution in [3.05, 3.63) is 29.8 Å². The predicted octanol–water partition coefficient (Wildman–Crippen LogP) is 1.48. The quantitative estimate of drug-likeness (QED) is 0.619. The van der Waals surface area contributed by atoms with E-state index in [1.54, 1.807) is 38.3 Å². The van der Waals surface area contributed by atoms with Crippen LogP contribution in [-0.2, 0) is 9.59 Å². The molecule has 0 aliphatic heterocycles. The van der Waals surface area contributed by atoms with E-state index in [1.807, 2.05) is 20.8 Å². The molecule has 1 aromatic rings. The van der Waals surface area contributed by atoms with Crippen molar-refractivity contribution in [2.45, 2.75) is 46.2 Å². The molecule has 0 saturated heterocycles. The third-order valence-corrected chi connectivity index (χ3v) is 3.89. The summed E-state index contributed by atoms with van der Waals surface area (Å²) in [6.07, 6.45) is 0.818. The average molecular weight is 363 g/mol. The first-order chi connectivity index (χ1) is 12.3. The first-order valence-electron chi connectivity index (χ1n) is 8.83. The highest BCUT2D eigenvalue weighted by atomic mass is 16.5. The number of carbonyl (C=O) groups excluding carboxylic acids is 3. The molecule has 0 saturated carbocycles. The number of hydrogen-bond acceptors (Lipinski definition) is 4. The molecule has 0 aromatic heterocycles. The van der Waals surface area contributed by atoms with Gasteiger partial charge in [-0.2, -0.15) is 0 Å². The zero-order valence-electron chi connectivity index (χ0n) is 16.1. The molecule has 3 N–H and O–H groups in total. The SMILES string of the molecule is CCCNC(=O)[C@H](C)NC(=O)[C@@H](NC(=O)c1ccc(OC)cc1)C(C)C. The fraction of sp³-hybridized carbons (Fsp3) is 0.526. The molecule has 0 bridgehead atoms. The van der Waals surface area contributed by atoms with Gasteiger partial charge in [0.05, 0.1) is 7.11 Å². The van der Waals surface area contributed by atoms with Crippen molar-refractivity contribution in [3.63, 3.8) is 0 Å². The van der Waals surface area contributed by atoms with E-state index in [9.17, 15) is 14.4 Å². The second-order valence-electron chi connectivity index (χ2n) is 6.44. The third kappa shape index (κ3) is 6.38. The average Bonchev–Trinajstić information content (AvgIpc) is 2.63. The Labute approximate surface area is 154 Å². The highest BCUT2D eigenvalue weighted by molar-refractivity contribution is 5.98. The van der Waals surface area contributed by atoms with Crippen LogP contribution >= 0.6 is 0 Å². The van der Waals surface area contributed by atoms with Crippen molar-refractivity contribution in [1.82, 2.24) is 16.0 Å². The maximum Gasteiger partial charge on any atom is 0.251 e. The van der Waals surface area contributed by atoms with Crippen LogP contribution in [0.25, 0.3) is 0 Å². The standard InChI is InChI=1S/C19H29N3O4/c1-6-11-20-17(23)13(4)21-19(25)16(12(2)3)22-18(24)14-7-9-15(26-5)10-8-14/h7-10,12-13,16H,6,11H2,1-5H3,(H,20,23)(H,21,25)(H,22,24)/t13-,16-/m0/s1. The zero-order valence-corrected chi connectivity index (χ0v) is 16.1. The van der Waals surface area contributed by atoms with Gasteiger partial charge < -0.3 is 20.7 Å². The molecule has 2 atom stereocenters. The van der Waals surface area contributed by atoms with Crippen LogP contribution < -0.4 is 20.7 Å². The van der Waals surface area contributed by atoms with Crippen molar-refractivity contribution >= 4 is 17.7 Å². The maximum atomic E-state index is 12.5. The Hall–Kier alpha value is -2.57. The lowest BCUT2D eigenvalue weighted by Crippen LogP contribution is -2.54. The summed E-state index contributed by atoms with van der Waals surface area (Å²) in [6, 6.07) is 5.20. The van der Waals surface area contributed by atoms with Gasteiger partial charge in [0, 0.05) is 12.1 Å². The van der Waals surface area contributed by atoms with E-state index in [4.69, 9.17) is 4.74 Å². The topological polar surface area (TPSA) is 96.5 Å². The molecule has 7 heteroatoms. The van der Waals surface area contributed by atoms with Crippen LogP contribution in [0.1, 0.15) is 44.5 Å². The number of nitrogens with one attached hydrogen (secondary N) is 3. The number of hydrogen-bond donors (Lipinski definition) is 3. The van der Waals surface area contributed by atoms with Gasteiger partial charge in [-0.1, -0.05) is 20.8 Å². The smallest absolute Gasteiger partial charge is 0.251 e. The van der Waals surface area contributed by atoms with Gasteiger partial charge in [0.1, 0.15) is 17.8 Å². The van der Waals surface area contributed by atoms with Crippen molar-refractivity contribution in [3.8, 4) is 5.75 Å². The lowest BCUT2D eigenvalue weighted by molar-refractivity contribution is -0.130. The molecule has 0 aliphatic carbocycles. The molecular weight excluding hydrogens is 334 g/mol. The van der Waals surface area contributed by atoms with E-state index in [2.05, 4.69) is 16.0 Å². The number of rotatable bonds is 9. The molecule has 0 spiro atoms. The van der Waals surface area contributed by atoms with Crippen LogP contribution in [-0.4, -0.2) is 43.5 Å². The highest BCUT2D eigenvalue weighted by Gasteiger charge is 2.27. The molecule has 0 heterocycles. The first-order valence-corrected chi connectivity index (χ1v) is 8.83. The summed E-state index contributed by atoms with van der Waals surface area (Å²) in [7, 11) is 1.55. The number of methoxy groups -OCH3 is 1. The van der Waals surface area contributed by atoms with E-state index in [-0.39, 0.29) is 23.6 Å². The summed E-state index contributed by atoms with van der Waals surface area (Å²) in [4.78, 5) is 36.8. The second-order valence-corrected chi connectivity index (χ2v) is 6.44. The van der Waals surface area contributed by atoms with Crippen LogP contribution in [0.2, 0.25) is 0 Å². The molecule has 7 nitrogen and oxygen atoms in total. The van der Waals surface area contributed by atoms with Crippen LogP contribution in [0.5, 0.6) is 5.75 Å². The molecule has 0 unspecified atom stereocenters. The minimum absolute atomic E-state index is 0.136. The van der Waals surface area contributed by atoms with Crippen LogP contribution in [0.3, 0.4) is 0 Å². The fourth-order valence-corrected chi connectivity index (χ4v) is 2.27. The Morgan fingerprint density at radius 2 is 1.62 bits per heavy atom. The van der Waals surface area contributed by atoms with Crippen molar-refractivity contribution in [2.75, 3.05) is 13.7 Å². The number of carbonyl (C=O) groups is 3. The van der Waals surface area contributed by atoms with E-state index < -0.39 is 12.1 Å². The minimum atomic E-state index is -0.744. The van der Waals surface area contributed by atoms with E-state index in [1.165, 1.54) is 0 Å². The number of ether oxygens (including phenoxy) is 1. The molecule has 0 radical (unpaired) electrons. The van der Waals surface area contributed by atoms with Gasteiger partial charge >= 0.3 is 0 Å². The molecule has 0 fully saturated rings. The van der Waals surface area contributed by atoms with E-state index >= 15 is 0 Å². The van der Waals surface area contributed by atoms with Gasteiger partial charge in [-0.3, -0.25) is 14.4 Å². The Morgan fingerprint density at radius 1 is 1.00 bits per heavy atom. The zero-order chi connectivity index (χ0) is 19.7. The summed E-state index contributed by atoms with van der Waals surface area (Å²) in [6.45, 7) is 7.79. The minimum Gasteiger partial charge on any atom is -0.497 e. The molecule has 0 aliphatic rings. The second kappa shape index (κ2) is 10.4. The summed E-state index contributed by atoms with van der Waals surface area (Å²) in [5.74, 6) is -0.482. The molecule has 144 valence electrons. The summed E-state index contributed by atoms with van der Waals surface area (Å²) >= 11 is 0. The first kappa shape index (κ1) is 21.5. The largest absolute Gasteiger partial charge is 0.497 e. The number of benzene rings is 1. The fourth-order valence-electron chi connectivity index (χ4n) is 2.27. The van der Waals surface area contributed by atoms with Crippen molar-refractivity contribution < 1.29 is 19.1 Å². The predicted molar refractivity (Wildman–Crippen MR) is 100.0 cm³/mol. The highest BCUT2D eigenvalue weighted by Crippen LogP contribution is 2.12. The summed E-state index contributed by atoms with van der Waals surface area (Å²) in [5.41, 5.74) is 0.429. The third-order valence-electron chi connectivity index (χ3n) is 3.89. The van der Waals surface area contributed by atoms with Gasteiger partial charge in [-0.05, 0) is 43.5 Å². The van der Waals surface area contributed by atoms with Gasteiger partial charge in [0.15, 0.2) is 0 Å². The molecule has 3 amide bonds. The lowest BCUT2D eigenvalue weighted by atomic mass is 10.0. The van der Waals surface area contributed by atoms with Gasteiger partial charge in [-0.25, -0.2) is 0 Å². The van der Waals surface area contributed by atoms with Gasteiger partial charge in [0.25, 0.3) is 5.91 Å². The monoisotopic (exact) mass is 363 g/mol. The normalized spacial score (nSPS) is 12.8. The van der Waals surface area contributed by atoms with Crippen molar-refractivity contribution in [2.24, 2.45) is 5.92 Å². The molecule has 26 heavy (non-hydrogen) atoms. The van der Waals surface area contributed by atoms with E-state index in [0.717, 1.165) is 6.42 Å². The van der Waals surface area contributed by atoms with Crippen LogP contribution in [0.15, 0.2) is 24.3 Å². The van der Waals surface area contributed by atoms with Crippen LogP contribution in [0, 0.1) is 5.92 Å². The molecule has 1 rings (SSSR count). The van der Waals surface area contributed by atoms with E-state index in [0.29, 0.717) is 17.9 Å². The van der Waals surface area contributed by atoms with Gasteiger partial charge in [0.2, 0.25) is 11.8 Å². The lowest BCUT2D eigenvalue weighted by Gasteiger charge is -2.24. The Morgan fingerprint density at radius 3 is 2.12 bits per heavy atom. The summed E-state index contributed by atoms with van der Waals surface area (Å²) < 4.78 is 5.07.